The fraction of sp³-hybridized carbons (Fsp3) is 0.538. The van der Waals surface area contributed by atoms with E-state index in [2.05, 4.69) is 10.3 Å². The Balaban J connectivity index is 2.53. The SMILES string of the molecule is Cc1cccnc1C(C)NC(=O)CCN(C)S(C)(=O)=O. The normalized spacial score (nSPS) is 13.2. The second kappa shape index (κ2) is 6.81. The molecule has 1 N–H and O–H groups in total. The van der Waals surface area contributed by atoms with Gasteiger partial charge in [0.05, 0.1) is 18.0 Å². The number of hydrogen-bond donors (Lipinski definition) is 1. The van der Waals surface area contributed by atoms with Crippen molar-refractivity contribution in [2.24, 2.45) is 0 Å². The molecule has 6 nitrogen and oxygen atoms in total. The first-order valence-corrected chi connectivity index (χ1v) is 8.19. The first kappa shape index (κ1) is 16.6. The number of amides is 1. The van der Waals surface area contributed by atoms with E-state index >= 15 is 0 Å². The molecule has 0 aliphatic heterocycles. The third kappa shape index (κ3) is 4.90. The topological polar surface area (TPSA) is 79.4 Å². The van der Waals surface area contributed by atoms with E-state index in [4.69, 9.17) is 0 Å². The Hall–Kier alpha value is -1.47. The smallest absolute Gasteiger partial charge is 0.221 e. The number of aromatic nitrogens is 1. The number of pyridine rings is 1. The molecule has 0 aliphatic carbocycles. The van der Waals surface area contributed by atoms with Crippen molar-refractivity contribution >= 4 is 15.9 Å². The zero-order valence-corrected chi connectivity index (χ0v) is 13.1. The van der Waals surface area contributed by atoms with E-state index in [1.165, 1.54) is 7.05 Å². The average Bonchev–Trinajstić information content (AvgIpc) is 2.35. The van der Waals surface area contributed by atoms with Gasteiger partial charge in [0, 0.05) is 26.2 Å². The number of aryl methyl sites for hydroxylation is 1. The lowest BCUT2D eigenvalue weighted by Gasteiger charge is -2.17. The van der Waals surface area contributed by atoms with Crippen molar-refractivity contribution in [3.05, 3.63) is 29.6 Å². The molecule has 0 spiro atoms. The number of nitrogens with zero attached hydrogens (tertiary/aromatic N) is 2. The van der Waals surface area contributed by atoms with Gasteiger partial charge >= 0.3 is 0 Å². The molecule has 0 aliphatic rings. The highest BCUT2D eigenvalue weighted by molar-refractivity contribution is 7.88. The largest absolute Gasteiger partial charge is 0.348 e. The lowest BCUT2D eigenvalue weighted by Crippen LogP contribution is -2.33. The van der Waals surface area contributed by atoms with Gasteiger partial charge in [0.25, 0.3) is 0 Å². The maximum atomic E-state index is 11.8. The van der Waals surface area contributed by atoms with Gasteiger partial charge in [0.2, 0.25) is 15.9 Å². The number of carbonyl (C=O) groups is 1. The van der Waals surface area contributed by atoms with Crippen LogP contribution in [0.15, 0.2) is 18.3 Å². The van der Waals surface area contributed by atoms with Gasteiger partial charge < -0.3 is 5.32 Å². The predicted molar refractivity (Wildman–Crippen MR) is 77.6 cm³/mol. The third-order valence-corrected chi connectivity index (χ3v) is 4.37. The highest BCUT2D eigenvalue weighted by atomic mass is 32.2. The summed E-state index contributed by atoms with van der Waals surface area (Å²) < 4.78 is 23.6. The minimum atomic E-state index is -3.24. The molecular formula is C13H21N3O3S. The Kier molecular flexibility index (Phi) is 5.64. The van der Waals surface area contributed by atoms with Crippen LogP contribution in [0.2, 0.25) is 0 Å². The van der Waals surface area contributed by atoms with Crippen LogP contribution in [0.1, 0.15) is 30.6 Å². The lowest BCUT2D eigenvalue weighted by molar-refractivity contribution is -0.121. The average molecular weight is 299 g/mol. The van der Waals surface area contributed by atoms with Gasteiger partial charge in [0.1, 0.15) is 0 Å². The van der Waals surface area contributed by atoms with E-state index in [0.29, 0.717) is 0 Å². The summed E-state index contributed by atoms with van der Waals surface area (Å²) in [6.45, 7) is 3.95. The standard InChI is InChI=1S/C13H21N3O3S/c1-10-6-5-8-14-13(10)11(2)15-12(17)7-9-16(3)20(4,18)19/h5-6,8,11H,7,9H2,1-4H3,(H,15,17). The fourth-order valence-electron chi connectivity index (χ4n) is 1.76. The zero-order valence-electron chi connectivity index (χ0n) is 12.3. The molecule has 0 radical (unpaired) electrons. The van der Waals surface area contributed by atoms with E-state index in [0.717, 1.165) is 21.8 Å². The van der Waals surface area contributed by atoms with Crippen molar-refractivity contribution in [3.63, 3.8) is 0 Å². The van der Waals surface area contributed by atoms with Crippen LogP contribution < -0.4 is 5.32 Å². The van der Waals surface area contributed by atoms with Crippen LogP contribution in [0.25, 0.3) is 0 Å². The van der Waals surface area contributed by atoms with Crippen LogP contribution in [-0.2, 0) is 14.8 Å². The maximum absolute atomic E-state index is 11.8. The molecule has 0 bridgehead atoms. The van der Waals surface area contributed by atoms with Crippen molar-refractivity contribution in [2.75, 3.05) is 19.8 Å². The molecular weight excluding hydrogens is 278 g/mol. The van der Waals surface area contributed by atoms with E-state index < -0.39 is 10.0 Å². The molecule has 0 saturated heterocycles. The van der Waals surface area contributed by atoms with Crippen LogP contribution in [0.5, 0.6) is 0 Å². The Morgan fingerprint density at radius 1 is 1.50 bits per heavy atom. The minimum absolute atomic E-state index is 0.125. The second-order valence-electron chi connectivity index (χ2n) is 4.83. The van der Waals surface area contributed by atoms with Crippen LogP contribution in [0, 0.1) is 6.92 Å². The molecule has 1 rings (SSSR count). The summed E-state index contributed by atoms with van der Waals surface area (Å²) in [5, 5.41) is 2.82. The Bertz CT molecular complexity index is 572. The molecule has 1 unspecified atom stereocenters. The van der Waals surface area contributed by atoms with Crippen molar-refractivity contribution in [3.8, 4) is 0 Å². The Morgan fingerprint density at radius 2 is 2.15 bits per heavy atom. The Morgan fingerprint density at radius 3 is 2.70 bits per heavy atom. The first-order valence-electron chi connectivity index (χ1n) is 6.34. The number of carbonyl (C=O) groups excluding carboxylic acids is 1. The molecule has 1 aromatic rings. The maximum Gasteiger partial charge on any atom is 0.221 e. The summed E-state index contributed by atoms with van der Waals surface area (Å²) in [6.07, 6.45) is 2.92. The highest BCUT2D eigenvalue weighted by Gasteiger charge is 2.15. The number of sulfonamides is 1. The van der Waals surface area contributed by atoms with Crippen molar-refractivity contribution in [1.29, 1.82) is 0 Å². The molecule has 7 heteroatoms. The van der Waals surface area contributed by atoms with Gasteiger partial charge in [-0.25, -0.2) is 12.7 Å². The van der Waals surface area contributed by atoms with Gasteiger partial charge in [-0.05, 0) is 25.5 Å². The second-order valence-corrected chi connectivity index (χ2v) is 6.92. The number of hydrogen-bond acceptors (Lipinski definition) is 4. The molecule has 20 heavy (non-hydrogen) atoms. The minimum Gasteiger partial charge on any atom is -0.348 e. The summed E-state index contributed by atoms with van der Waals surface area (Å²) in [5.74, 6) is -0.196. The molecule has 1 atom stereocenters. The summed E-state index contributed by atoms with van der Waals surface area (Å²) in [7, 11) is -1.79. The monoisotopic (exact) mass is 299 g/mol. The molecule has 1 amide bonds. The van der Waals surface area contributed by atoms with Crippen LogP contribution >= 0.6 is 0 Å². The number of rotatable bonds is 6. The van der Waals surface area contributed by atoms with Gasteiger partial charge in [-0.1, -0.05) is 6.07 Å². The number of nitrogens with one attached hydrogen (secondary N) is 1. The molecule has 0 aromatic carbocycles. The van der Waals surface area contributed by atoms with E-state index in [-0.39, 0.29) is 24.9 Å². The Labute approximate surface area is 120 Å². The molecule has 1 heterocycles. The molecule has 0 saturated carbocycles. The summed E-state index contributed by atoms with van der Waals surface area (Å²) in [6, 6.07) is 3.57. The van der Waals surface area contributed by atoms with Crippen LogP contribution in [0.3, 0.4) is 0 Å². The van der Waals surface area contributed by atoms with Crippen LogP contribution in [-0.4, -0.2) is 43.5 Å². The van der Waals surface area contributed by atoms with E-state index in [9.17, 15) is 13.2 Å². The third-order valence-electron chi connectivity index (χ3n) is 3.06. The van der Waals surface area contributed by atoms with Crippen molar-refractivity contribution < 1.29 is 13.2 Å². The summed E-state index contributed by atoms with van der Waals surface area (Å²) in [5.41, 5.74) is 1.82. The molecule has 112 valence electrons. The van der Waals surface area contributed by atoms with Crippen molar-refractivity contribution in [2.45, 2.75) is 26.3 Å². The summed E-state index contributed by atoms with van der Waals surface area (Å²) >= 11 is 0. The summed E-state index contributed by atoms with van der Waals surface area (Å²) in [4.78, 5) is 16.1. The fourth-order valence-corrected chi connectivity index (χ4v) is 2.18. The van der Waals surface area contributed by atoms with E-state index in [1.807, 2.05) is 26.0 Å². The van der Waals surface area contributed by atoms with Crippen molar-refractivity contribution in [1.82, 2.24) is 14.6 Å². The zero-order chi connectivity index (χ0) is 15.3. The van der Waals surface area contributed by atoms with Gasteiger partial charge in [-0.2, -0.15) is 0 Å². The van der Waals surface area contributed by atoms with Gasteiger partial charge in [0.15, 0.2) is 0 Å². The predicted octanol–water partition coefficient (Wildman–Crippen LogP) is 0.849. The lowest BCUT2D eigenvalue weighted by atomic mass is 10.1. The molecule has 1 aromatic heterocycles. The first-order chi connectivity index (χ1) is 9.21. The van der Waals surface area contributed by atoms with Gasteiger partial charge in [-0.3, -0.25) is 9.78 Å². The highest BCUT2D eigenvalue weighted by Crippen LogP contribution is 2.13. The quantitative estimate of drug-likeness (QED) is 0.844. The van der Waals surface area contributed by atoms with Crippen LogP contribution in [0.4, 0.5) is 0 Å². The molecule has 0 fully saturated rings. The van der Waals surface area contributed by atoms with E-state index in [1.54, 1.807) is 6.20 Å². The van der Waals surface area contributed by atoms with Gasteiger partial charge in [-0.15, -0.1) is 0 Å².